The molecule has 7 heteroatoms. The van der Waals surface area contributed by atoms with Gasteiger partial charge in [0, 0.05) is 62.4 Å². The van der Waals surface area contributed by atoms with E-state index in [2.05, 4.69) is 26.9 Å². The Hall–Kier alpha value is -3.16. The van der Waals surface area contributed by atoms with Gasteiger partial charge in [-0.05, 0) is 42.0 Å². The van der Waals surface area contributed by atoms with Gasteiger partial charge in [-0.25, -0.2) is 12.4 Å². The zero-order chi connectivity index (χ0) is 21.3. The molecule has 4 aromatic rings. The highest BCUT2D eigenvalue weighted by atomic mass is 32.2. The van der Waals surface area contributed by atoms with E-state index in [4.69, 9.17) is 0 Å². The van der Waals surface area contributed by atoms with Crippen LogP contribution in [0.3, 0.4) is 0 Å². The number of rotatable bonds is 5. The second-order valence-electron chi connectivity index (χ2n) is 7.76. The van der Waals surface area contributed by atoms with Crippen molar-refractivity contribution in [1.82, 2.24) is 13.9 Å². The third-order valence-corrected chi connectivity index (χ3v) is 7.52. The van der Waals surface area contributed by atoms with Crippen LogP contribution in [0.4, 0.5) is 5.69 Å². The molecule has 1 aliphatic heterocycles. The van der Waals surface area contributed by atoms with E-state index in [1.54, 1.807) is 36.7 Å². The highest BCUT2D eigenvalue weighted by Gasteiger charge is 2.22. The Morgan fingerprint density at radius 2 is 1.65 bits per heavy atom. The van der Waals surface area contributed by atoms with E-state index in [0.717, 1.165) is 43.8 Å². The number of nitrogens with zero attached hydrogens (tertiary/aromatic N) is 4. The van der Waals surface area contributed by atoms with Crippen molar-refractivity contribution in [3.05, 3.63) is 90.9 Å². The molecule has 0 saturated carbocycles. The molecule has 2 aromatic heterocycles. The average molecular weight is 433 g/mol. The highest BCUT2D eigenvalue weighted by Crippen LogP contribution is 2.31. The fourth-order valence-corrected chi connectivity index (χ4v) is 5.58. The lowest BCUT2D eigenvalue weighted by molar-refractivity contribution is 0.250. The second kappa shape index (κ2) is 8.17. The van der Waals surface area contributed by atoms with Crippen LogP contribution in [0.1, 0.15) is 5.56 Å². The van der Waals surface area contributed by atoms with Gasteiger partial charge >= 0.3 is 0 Å². The van der Waals surface area contributed by atoms with Crippen LogP contribution in [0.25, 0.3) is 10.9 Å². The summed E-state index contributed by atoms with van der Waals surface area (Å²) in [5.74, 6) is 0. The van der Waals surface area contributed by atoms with Crippen molar-refractivity contribution >= 4 is 26.6 Å². The molecule has 5 rings (SSSR count). The van der Waals surface area contributed by atoms with E-state index >= 15 is 0 Å². The zero-order valence-electron chi connectivity index (χ0n) is 17.1. The molecule has 31 heavy (non-hydrogen) atoms. The van der Waals surface area contributed by atoms with Crippen LogP contribution in [0.5, 0.6) is 0 Å². The minimum absolute atomic E-state index is 0.293. The summed E-state index contributed by atoms with van der Waals surface area (Å²) in [5.41, 5.74) is 3.01. The number of hydrogen-bond donors (Lipinski definition) is 0. The number of pyridine rings is 1. The molecule has 0 unspecified atom stereocenters. The molecule has 0 radical (unpaired) electrons. The van der Waals surface area contributed by atoms with Gasteiger partial charge in [-0.15, -0.1) is 0 Å². The maximum atomic E-state index is 13.2. The molecule has 1 saturated heterocycles. The quantitative estimate of drug-likeness (QED) is 0.482. The van der Waals surface area contributed by atoms with Crippen LogP contribution in [-0.2, 0) is 16.6 Å². The van der Waals surface area contributed by atoms with Gasteiger partial charge in [0.1, 0.15) is 0 Å². The zero-order valence-corrected chi connectivity index (χ0v) is 17.9. The lowest BCUT2D eigenvalue weighted by Crippen LogP contribution is -2.46. The molecule has 0 N–H and O–H groups in total. The third-order valence-electron chi connectivity index (χ3n) is 5.82. The standard InChI is InChI=1S/C24H24N4O2S/c29-31(30,21-7-2-1-3-8-21)28-13-11-22-23(9-4-10-24(22)28)27-16-14-26(15-17-27)19-20-6-5-12-25-18-20/h1-13,18H,14-17,19H2. The topological polar surface area (TPSA) is 58.4 Å². The molecule has 1 fully saturated rings. The molecule has 6 nitrogen and oxygen atoms in total. The van der Waals surface area contributed by atoms with Crippen LogP contribution < -0.4 is 4.90 Å². The van der Waals surface area contributed by atoms with Crippen LogP contribution in [0.15, 0.2) is 90.2 Å². The van der Waals surface area contributed by atoms with E-state index in [9.17, 15) is 8.42 Å². The van der Waals surface area contributed by atoms with Gasteiger partial charge in [0.15, 0.2) is 0 Å². The fourth-order valence-electron chi connectivity index (χ4n) is 4.21. The Balaban J connectivity index is 1.39. The van der Waals surface area contributed by atoms with Crippen molar-refractivity contribution in [3.63, 3.8) is 0 Å². The van der Waals surface area contributed by atoms with Crippen LogP contribution in [0, 0.1) is 0 Å². The number of piperazine rings is 1. The third kappa shape index (κ3) is 3.82. The van der Waals surface area contributed by atoms with Gasteiger partial charge in [0.25, 0.3) is 10.0 Å². The summed E-state index contributed by atoms with van der Waals surface area (Å²) in [6.07, 6.45) is 5.38. The Morgan fingerprint density at radius 3 is 2.39 bits per heavy atom. The Bertz CT molecular complexity index is 1280. The number of anilines is 1. The van der Waals surface area contributed by atoms with Crippen molar-refractivity contribution in [2.45, 2.75) is 11.4 Å². The molecule has 0 bridgehead atoms. The van der Waals surface area contributed by atoms with Gasteiger partial charge in [-0.3, -0.25) is 9.88 Å². The first-order valence-corrected chi connectivity index (χ1v) is 11.8. The van der Waals surface area contributed by atoms with Crippen molar-refractivity contribution in [1.29, 1.82) is 0 Å². The Morgan fingerprint density at radius 1 is 0.839 bits per heavy atom. The van der Waals surface area contributed by atoms with Gasteiger partial charge in [0.2, 0.25) is 0 Å². The molecule has 0 atom stereocenters. The van der Waals surface area contributed by atoms with Crippen molar-refractivity contribution in [2.75, 3.05) is 31.1 Å². The van der Waals surface area contributed by atoms with Crippen LogP contribution >= 0.6 is 0 Å². The normalized spacial score (nSPS) is 15.4. The van der Waals surface area contributed by atoms with E-state index in [1.165, 1.54) is 9.54 Å². The van der Waals surface area contributed by atoms with Gasteiger partial charge in [-0.1, -0.05) is 30.3 Å². The Kier molecular flexibility index (Phi) is 5.21. The second-order valence-corrected chi connectivity index (χ2v) is 9.58. The summed E-state index contributed by atoms with van der Waals surface area (Å²) >= 11 is 0. The first kappa shape index (κ1) is 19.8. The summed E-state index contributed by atoms with van der Waals surface area (Å²) in [5, 5.41) is 0.961. The van der Waals surface area contributed by atoms with E-state index in [0.29, 0.717) is 10.4 Å². The molecule has 1 aliphatic rings. The largest absolute Gasteiger partial charge is 0.368 e. The monoisotopic (exact) mass is 432 g/mol. The number of fused-ring (bicyclic) bond motifs is 1. The molecule has 158 valence electrons. The minimum atomic E-state index is -3.63. The van der Waals surface area contributed by atoms with Crippen molar-refractivity contribution < 1.29 is 8.42 Å². The highest BCUT2D eigenvalue weighted by molar-refractivity contribution is 7.90. The first-order chi connectivity index (χ1) is 15.1. The average Bonchev–Trinajstić information content (AvgIpc) is 3.26. The molecule has 2 aromatic carbocycles. The Labute approximate surface area is 182 Å². The summed E-state index contributed by atoms with van der Waals surface area (Å²) in [6.45, 7) is 4.60. The maximum Gasteiger partial charge on any atom is 0.268 e. The summed E-state index contributed by atoms with van der Waals surface area (Å²) in [6, 6.07) is 20.5. The number of aromatic nitrogens is 2. The predicted molar refractivity (Wildman–Crippen MR) is 123 cm³/mol. The SMILES string of the molecule is O=S(=O)(c1ccccc1)n1ccc2c(N3CCN(Cc4cccnc4)CC3)cccc21. The van der Waals surface area contributed by atoms with Gasteiger partial charge < -0.3 is 4.90 Å². The predicted octanol–water partition coefficient (Wildman–Crippen LogP) is 3.60. The maximum absolute atomic E-state index is 13.2. The number of benzene rings is 2. The fraction of sp³-hybridized carbons (Fsp3) is 0.208. The van der Waals surface area contributed by atoms with Gasteiger partial charge in [0.05, 0.1) is 10.4 Å². The first-order valence-electron chi connectivity index (χ1n) is 10.4. The van der Waals surface area contributed by atoms with Crippen LogP contribution in [-0.4, -0.2) is 48.5 Å². The smallest absolute Gasteiger partial charge is 0.268 e. The summed E-state index contributed by atoms with van der Waals surface area (Å²) in [7, 11) is -3.63. The van der Waals surface area contributed by atoms with Crippen molar-refractivity contribution in [2.24, 2.45) is 0 Å². The molecule has 3 heterocycles. The number of hydrogen-bond acceptors (Lipinski definition) is 5. The molecule has 0 amide bonds. The van der Waals surface area contributed by atoms with E-state index < -0.39 is 10.0 Å². The molecule has 0 aliphatic carbocycles. The molecular weight excluding hydrogens is 408 g/mol. The van der Waals surface area contributed by atoms with E-state index in [-0.39, 0.29) is 0 Å². The lowest BCUT2D eigenvalue weighted by atomic mass is 10.1. The van der Waals surface area contributed by atoms with Crippen LogP contribution in [0.2, 0.25) is 0 Å². The van der Waals surface area contributed by atoms with E-state index in [1.807, 2.05) is 36.5 Å². The lowest BCUT2D eigenvalue weighted by Gasteiger charge is -2.36. The minimum Gasteiger partial charge on any atom is -0.368 e. The van der Waals surface area contributed by atoms with Crippen molar-refractivity contribution in [3.8, 4) is 0 Å². The summed E-state index contributed by atoms with van der Waals surface area (Å²) in [4.78, 5) is 9.27. The van der Waals surface area contributed by atoms with Gasteiger partial charge in [-0.2, -0.15) is 0 Å². The molecule has 0 spiro atoms. The molecular formula is C24H24N4O2S. The summed E-state index contributed by atoms with van der Waals surface area (Å²) < 4.78 is 27.7.